The molecule has 0 aromatic heterocycles. The second-order valence-corrected chi connectivity index (χ2v) is 5.51. The average Bonchev–Trinajstić information content (AvgIpc) is 2.77. The van der Waals surface area contributed by atoms with Gasteiger partial charge in [0.25, 0.3) is 0 Å². The van der Waals surface area contributed by atoms with E-state index >= 15 is 0 Å². The Morgan fingerprint density at radius 3 is 2.39 bits per heavy atom. The van der Waals surface area contributed by atoms with E-state index in [0.29, 0.717) is 6.42 Å². The minimum absolute atomic E-state index is 0.0832. The summed E-state index contributed by atoms with van der Waals surface area (Å²) in [7, 11) is 0. The largest absolute Gasteiger partial charge is 0.477 e. The molecule has 0 saturated heterocycles. The maximum atomic E-state index is 10.8. The second-order valence-electron chi connectivity index (χ2n) is 5.51. The Balaban J connectivity index is 2.11. The van der Waals surface area contributed by atoms with E-state index in [4.69, 9.17) is 9.94 Å². The summed E-state index contributed by atoms with van der Waals surface area (Å²) in [5.41, 5.74) is 2.39. The molecule has 1 N–H and O–H groups in total. The van der Waals surface area contributed by atoms with E-state index in [1.165, 1.54) is 5.56 Å². The third-order valence-corrected chi connectivity index (χ3v) is 3.06. The fourth-order valence-electron chi connectivity index (χ4n) is 1.88. The maximum absolute atomic E-state index is 10.8. The molecule has 1 aromatic carbocycles. The third-order valence-electron chi connectivity index (χ3n) is 3.06. The van der Waals surface area contributed by atoms with E-state index in [1.807, 2.05) is 12.1 Å². The lowest BCUT2D eigenvalue weighted by Gasteiger charge is -2.19. The zero-order valence-electron chi connectivity index (χ0n) is 10.8. The van der Waals surface area contributed by atoms with Crippen LogP contribution in [0.4, 0.5) is 0 Å². The van der Waals surface area contributed by atoms with Gasteiger partial charge < -0.3 is 9.94 Å². The molecule has 1 atom stereocenters. The van der Waals surface area contributed by atoms with Gasteiger partial charge in [0.05, 0.1) is 0 Å². The Kier molecular flexibility index (Phi) is 3.11. The molecule has 0 saturated carbocycles. The fraction of sp³-hybridized carbons (Fsp3) is 0.429. The van der Waals surface area contributed by atoms with Crippen molar-refractivity contribution in [3.63, 3.8) is 0 Å². The SMILES string of the molecule is CC(C)(C)c1ccc([C@H]2CC(C(=O)O)=NO2)cc1. The molecule has 2 rings (SSSR count). The van der Waals surface area contributed by atoms with Gasteiger partial charge >= 0.3 is 5.97 Å². The molecule has 96 valence electrons. The van der Waals surface area contributed by atoms with Crippen LogP contribution in [0.5, 0.6) is 0 Å². The summed E-state index contributed by atoms with van der Waals surface area (Å²) in [5.74, 6) is -1.01. The van der Waals surface area contributed by atoms with Crippen molar-refractivity contribution >= 4 is 11.7 Å². The minimum atomic E-state index is -1.01. The molecule has 0 fully saturated rings. The lowest BCUT2D eigenvalue weighted by molar-refractivity contribution is -0.129. The van der Waals surface area contributed by atoms with Crippen LogP contribution in [0.3, 0.4) is 0 Å². The van der Waals surface area contributed by atoms with E-state index < -0.39 is 5.97 Å². The van der Waals surface area contributed by atoms with Crippen molar-refractivity contribution in [3.8, 4) is 0 Å². The Bertz CT molecular complexity index is 483. The van der Waals surface area contributed by atoms with E-state index in [1.54, 1.807) is 0 Å². The predicted octanol–water partition coefficient (Wildman–Crippen LogP) is 2.89. The van der Waals surface area contributed by atoms with Gasteiger partial charge in [-0.1, -0.05) is 50.2 Å². The first-order chi connectivity index (χ1) is 8.38. The van der Waals surface area contributed by atoms with Crippen LogP contribution in [0, 0.1) is 0 Å². The molecule has 1 heterocycles. The van der Waals surface area contributed by atoms with E-state index in [0.717, 1.165) is 5.56 Å². The molecule has 1 aliphatic heterocycles. The highest BCUT2D eigenvalue weighted by Crippen LogP contribution is 2.29. The van der Waals surface area contributed by atoms with Crippen LogP contribution >= 0.6 is 0 Å². The molecule has 0 radical (unpaired) electrons. The fourth-order valence-corrected chi connectivity index (χ4v) is 1.88. The molecule has 4 heteroatoms. The van der Waals surface area contributed by atoms with Gasteiger partial charge in [-0.3, -0.25) is 0 Å². The van der Waals surface area contributed by atoms with E-state index in [2.05, 4.69) is 38.1 Å². The zero-order chi connectivity index (χ0) is 13.3. The van der Waals surface area contributed by atoms with Crippen molar-refractivity contribution in [3.05, 3.63) is 35.4 Å². The van der Waals surface area contributed by atoms with Crippen molar-refractivity contribution in [2.24, 2.45) is 5.16 Å². The number of rotatable bonds is 2. The number of hydrogen-bond acceptors (Lipinski definition) is 3. The summed E-state index contributed by atoms with van der Waals surface area (Å²) in [6.07, 6.45) is 0.0506. The highest BCUT2D eigenvalue weighted by atomic mass is 16.6. The van der Waals surface area contributed by atoms with E-state index in [-0.39, 0.29) is 17.2 Å². The lowest BCUT2D eigenvalue weighted by atomic mass is 9.86. The molecule has 0 bridgehead atoms. The quantitative estimate of drug-likeness (QED) is 0.874. The monoisotopic (exact) mass is 247 g/mol. The number of carboxylic acids is 1. The molecule has 0 aliphatic carbocycles. The van der Waals surface area contributed by atoms with Gasteiger partial charge in [0.1, 0.15) is 0 Å². The highest BCUT2D eigenvalue weighted by Gasteiger charge is 2.27. The van der Waals surface area contributed by atoms with Crippen LogP contribution in [-0.2, 0) is 15.0 Å². The highest BCUT2D eigenvalue weighted by molar-refractivity contribution is 6.35. The molecular formula is C14H17NO3. The van der Waals surface area contributed by atoms with Gasteiger partial charge in [-0.05, 0) is 16.5 Å². The van der Waals surface area contributed by atoms with Crippen LogP contribution in [0.15, 0.2) is 29.4 Å². The van der Waals surface area contributed by atoms with Crippen LogP contribution in [-0.4, -0.2) is 16.8 Å². The van der Waals surface area contributed by atoms with Crippen LogP contribution in [0.1, 0.15) is 44.4 Å². The van der Waals surface area contributed by atoms with Crippen molar-refractivity contribution in [2.45, 2.75) is 38.7 Å². The summed E-state index contributed by atoms with van der Waals surface area (Å²) >= 11 is 0. The first kappa shape index (κ1) is 12.6. The Morgan fingerprint density at radius 2 is 1.94 bits per heavy atom. The number of carboxylic acid groups (broad SMARTS) is 1. The normalized spacial score (nSPS) is 19.3. The van der Waals surface area contributed by atoms with Crippen LogP contribution < -0.4 is 0 Å². The Labute approximate surface area is 106 Å². The van der Waals surface area contributed by atoms with Crippen molar-refractivity contribution < 1.29 is 14.7 Å². The first-order valence-corrected chi connectivity index (χ1v) is 5.94. The Hall–Kier alpha value is -1.84. The van der Waals surface area contributed by atoms with Crippen LogP contribution in [0.2, 0.25) is 0 Å². The number of hydrogen-bond donors (Lipinski definition) is 1. The number of carbonyl (C=O) groups is 1. The molecule has 0 spiro atoms. The summed E-state index contributed by atoms with van der Waals surface area (Å²) in [5, 5.41) is 12.4. The van der Waals surface area contributed by atoms with Crippen LogP contribution in [0.25, 0.3) is 0 Å². The summed E-state index contributed by atoms with van der Waals surface area (Å²) < 4.78 is 0. The average molecular weight is 247 g/mol. The predicted molar refractivity (Wildman–Crippen MR) is 68.7 cm³/mol. The molecular weight excluding hydrogens is 230 g/mol. The van der Waals surface area contributed by atoms with Crippen molar-refractivity contribution in [1.29, 1.82) is 0 Å². The second kappa shape index (κ2) is 4.44. The van der Waals surface area contributed by atoms with Gasteiger partial charge in [0.15, 0.2) is 11.8 Å². The third kappa shape index (κ3) is 2.53. The van der Waals surface area contributed by atoms with Gasteiger partial charge in [0.2, 0.25) is 0 Å². The Morgan fingerprint density at radius 1 is 1.33 bits per heavy atom. The summed E-state index contributed by atoms with van der Waals surface area (Å²) in [4.78, 5) is 15.9. The minimum Gasteiger partial charge on any atom is -0.477 e. The van der Waals surface area contributed by atoms with Gasteiger partial charge in [-0.15, -0.1) is 0 Å². The first-order valence-electron chi connectivity index (χ1n) is 5.94. The van der Waals surface area contributed by atoms with Crippen molar-refractivity contribution in [2.75, 3.05) is 0 Å². The number of benzene rings is 1. The van der Waals surface area contributed by atoms with E-state index in [9.17, 15) is 4.79 Å². The smallest absolute Gasteiger partial charge is 0.353 e. The summed E-state index contributed by atoms with van der Waals surface area (Å²) in [6.45, 7) is 6.46. The van der Waals surface area contributed by atoms with Gasteiger partial charge in [-0.2, -0.15) is 0 Å². The number of nitrogens with zero attached hydrogens (tertiary/aromatic N) is 1. The zero-order valence-corrected chi connectivity index (χ0v) is 10.8. The molecule has 1 aliphatic rings. The van der Waals surface area contributed by atoms with Crippen molar-refractivity contribution in [1.82, 2.24) is 0 Å². The topological polar surface area (TPSA) is 58.9 Å². The lowest BCUT2D eigenvalue weighted by Crippen LogP contribution is -2.12. The molecule has 18 heavy (non-hydrogen) atoms. The van der Waals surface area contributed by atoms with Gasteiger partial charge in [-0.25, -0.2) is 4.79 Å². The number of oxime groups is 1. The standard InChI is InChI=1S/C14H17NO3/c1-14(2,3)10-6-4-9(5-7-10)12-8-11(13(16)17)15-18-12/h4-7,12H,8H2,1-3H3,(H,16,17)/t12-/m1/s1. The maximum Gasteiger partial charge on any atom is 0.353 e. The molecule has 0 unspecified atom stereocenters. The van der Waals surface area contributed by atoms with Gasteiger partial charge in [0, 0.05) is 6.42 Å². The molecule has 0 amide bonds. The molecule has 1 aromatic rings. The molecule has 4 nitrogen and oxygen atoms in total. The summed E-state index contributed by atoms with van der Waals surface area (Å²) in [6, 6.07) is 8.06. The number of aliphatic carboxylic acids is 1.